The van der Waals surface area contributed by atoms with Crippen molar-refractivity contribution in [3.8, 4) is 0 Å². The van der Waals surface area contributed by atoms with Crippen LogP contribution in [0.15, 0.2) is 29.8 Å². The second kappa shape index (κ2) is 8.67. The zero-order valence-corrected chi connectivity index (χ0v) is 13.6. The molecule has 2 N–H and O–H groups in total. The molecule has 1 aromatic rings. The molecule has 0 spiro atoms. The number of hydrogen-bond acceptors (Lipinski definition) is 2. The first-order chi connectivity index (χ1) is 11.1. The zero-order valence-electron chi connectivity index (χ0n) is 12.8. The number of halogens is 2. The average Bonchev–Trinajstić information content (AvgIpc) is 2.54. The summed E-state index contributed by atoms with van der Waals surface area (Å²) in [6.07, 6.45) is 7.72. The molecule has 0 bridgehead atoms. The van der Waals surface area contributed by atoms with Gasteiger partial charge in [-0.3, -0.25) is 9.59 Å². The van der Waals surface area contributed by atoms with Crippen molar-refractivity contribution in [1.82, 2.24) is 10.6 Å². The van der Waals surface area contributed by atoms with Gasteiger partial charge in [-0.25, -0.2) is 4.39 Å². The van der Waals surface area contributed by atoms with E-state index in [0.717, 1.165) is 25.3 Å². The van der Waals surface area contributed by atoms with E-state index >= 15 is 0 Å². The highest BCUT2D eigenvalue weighted by atomic mass is 35.5. The Kier molecular flexibility index (Phi) is 6.59. The van der Waals surface area contributed by atoms with Gasteiger partial charge in [0, 0.05) is 6.54 Å². The van der Waals surface area contributed by atoms with Crippen LogP contribution >= 0.6 is 11.6 Å². The number of hydrogen-bond donors (Lipinski definition) is 2. The Labute approximate surface area is 140 Å². The van der Waals surface area contributed by atoms with E-state index in [0.29, 0.717) is 6.54 Å². The molecular formula is C17H20ClFN2O2. The molecule has 124 valence electrons. The van der Waals surface area contributed by atoms with Crippen LogP contribution in [0.4, 0.5) is 4.39 Å². The number of allylic oxidation sites excluding steroid dienone is 1. The molecule has 0 saturated carbocycles. The molecule has 0 aliphatic heterocycles. The molecule has 1 aromatic carbocycles. The number of rotatable bonds is 6. The van der Waals surface area contributed by atoms with Crippen molar-refractivity contribution in [3.63, 3.8) is 0 Å². The van der Waals surface area contributed by atoms with Crippen LogP contribution in [0, 0.1) is 5.82 Å². The van der Waals surface area contributed by atoms with E-state index in [2.05, 4.69) is 16.7 Å². The summed E-state index contributed by atoms with van der Waals surface area (Å²) >= 11 is 5.80. The van der Waals surface area contributed by atoms with Gasteiger partial charge in [-0.1, -0.05) is 29.3 Å². The van der Waals surface area contributed by atoms with Crippen molar-refractivity contribution in [3.05, 3.63) is 46.3 Å². The minimum Gasteiger partial charge on any atom is -0.354 e. The summed E-state index contributed by atoms with van der Waals surface area (Å²) < 4.78 is 13.6. The van der Waals surface area contributed by atoms with Crippen LogP contribution in [0.2, 0.25) is 5.02 Å². The summed E-state index contributed by atoms with van der Waals surface area (Å²) in [7, 11) is 0. The summed E-state index contributed by atoms with van der Waals surface area (Å²) in [5, 5.41) is 5.14. The van der Waals surface area contributed by atoms with Crippen LogP contribution in [-0.4, -0.2) is 24.9 Å². The molecule has 0 heterocycles. The molecule has 0 radical (unpaired) electrons. The Morgan fingerprint density at radius 2 is 2.04 bits per heavy atom. The highest BCUT2D eigenvalue weighted by molar-refractivity contribution is 6.33. The van der Waals surface area contributed by atoms with Crippen molar-refractivity contribution in [1.29, 1.82) is 0 Å². The third-order valence-corrected chi connectivity index (χ3v) is 4.07. The molecule has 1 aliphatic carbocycles. The Morgan fingerprint density at radius 1 is 1.22 bits per heavy atom. The molecule has 0 aromatic heterocycles. The van der Waals surface area contributed by atoms with E-state index in [1.807, 2.05) is 0 Å². The smallest absolute Gasteiger partial charge is 0.256 e. The molecule has 4 nitrogen and oxygen atoms in total. The highest BCUT2D eigenvalue weighted by Crippen LogP contribution is 2.19. The lowest BCUT2D eigenvalue weighted by atomic mass is 9.97. The van der Waals surface area contributed by atoms with Crippen LogP contribution in [0.3, 0.4) is 0 Å². The van der Waals surface area contributed by atoms with Crippen LogP contribution in [0.25, 0.3) is 0 Å². The third kappa shape index (κ3) is 5.36. The summed E-state index contributed by atoms with van der Waals surface area (Å²) in [5.74, 6) is -1.71. The Balaban J connectivity index is 1.73. The van der Waals surface area contributed by atoms with Crippen molar-refractivity contribution in [2.45, 2.75) is 32.1 Å². The molecule has 0 atom stereocenters. The molecule has 2 amide bonds. The van der Waals surface area contributed by atoms with Crippen molar-refractivity contribution in [2.75, 3.05) is 13.1 Å². The lowest BCUT2D eigenvalue weighted by molar-refractivity contribution is -0.120. The lowest BCUT2D eigenvalue weighted by Crippen LogP contribution is -2.37. The summed E-state index contributed by atoms with van der Waals surface area (Å²) in [6, 6.07) is 4.00. The topological polar surface area (TPSA) is 58.2 Å². The minimum atomic E-state index is -0.709. The lowest BCUT2D eigenvalue weighted by Gasteiger charge is -2.13. The van der Waals surface area contributed by atoms with Gasteiger partial charge in [0.15, 0.2) is 0 Å². The van der Waals surface area contributed by atoms with Crippen LogP contribution in [0.1, 0.15) is 42.5 Å². The zero-order chi connectivity index (χ0) is 16.7. The van der Waals surface area contributed by atoms with Gasteiger partial charge in [0.25, 0.3) is 5.91 Å². The second-order valence-corrected chi connectivity index (χ2v) is 5.89. The van der Waals surface area contributed by atoms with E-state index in [4.69, 9.17) is 11.6 Å². The Bertz CT molecular complexity index is 596. The molecule has 1 aliphatic rings. The number of carbonyl (C=O) groups is 2. The molecule has 6 heteroatoms. The quantitative estimate of drug-likeness (QED) is 0.782. The van der Waals surface area contributed by atoms with Gasteiger partial charge in [0.05, 0.1) is 17.1 Å². The maximum absolute atomic E-state index is 13.6. The number of carbonyl (C=O) groups excluding carboxylic acids is 2. The standard InChI is InChI=1S/C17H20ClFN2O2/c18-13-7-4-8-14(19)16(13)17(23)21-11-15(22)20-10-9-12-5-2-1-3-6-12/h4-5,7-8H,1-3,6,9-11H2,(H,20,22)(H,21,23). The molecular weight excluding hydrogens is 319 g/mol. The minimum absolute atomic E-state index is 0.0205. The van der Waals surface area contributed by atoms with Gasteiger partial charge in [0.2, 0.25) is 5.91 Å². The maximum atomic E-state index is 13.6. The maximum Gasteiger partial charge on any atom is 0.256 e. The fourth-order valence-electron chi connectivity index (χ4n) is 2.52. The van der Waals surface area contributed by atoms with E-state index in [1.54, 1.807) is 0 Å². The first-order valence-corrected chi connectivity index (χ1v) is 8.12. The number of nitrogens with one attached hydrogen (secondary N) is 2. The SMILES string of the molecule is O=C(CNC(=O)c1c(F)cccc1Cl)NCCC1=CCCCC1. The fourth-order valence-corrected chi connectivity index (χ4v) is 2.77. The van der Waals surface area contributed by atoms with Gasteiger partial charge < -0.3 is 10.6 Å². The summed E-state index contributed by atoms with van der Waals surface area (Å²) in [5.41, 5.74) is 1.13. The van der Waals surface area contributed by atoms with Gasteiger partial charge in [0.1, 0.15) is 5.82 Å². The van der Waals surface area contributed by atoms with Gasteiger partial charge >= 0.3 is 0 Å². The van der Waals surface area contributed by atoms with Crippen LogP contribution in [-0.2, 0) is 4.79 Å². The average molecular weight is 339 g/mol. The Hall–Kier alpha value is -1.88. The van der Waals surface area contributed by atoms with Crippen molar-refractivity contribution < 1.29 is 14.0 Å². The van der Waals surface area contributed by atoms with E-state index in [1.165, 1.54) is 30.5 Å². The first-order valence-electron chi connectivity index (χ1n) is 7.74. The predicted molar refractivity (Wildman–Crippen MR) is 87.9 cm³/mol. The van der Waals surface area contributed by atoms with Crippen molar-refractivity contribution >= 4 is 23.4 Å². The first kappa shape index (κ1) is 17.5. The number of amides is 2. The highest BCUT2D eigenvalue weighted by Gasteiger charge is 2.16. The molecule has 0 saturated heterocycles. The Morgan fingerprint density at radius 3 is 2.74 bits per heavy atom. The fraction of sp³-hybridized carbons (Fsp3) is 0.412. The van der Waals surface area contributed by atoms with Crippen LogP contribution in [0.5, 0.6) is 0 Å². The molecule has 0 fully saturated rings. The van der Waals surface area contributed by atoms with E-state index < -0.39 is 11.7 Å². The normalized spacial score (nSPS) is 14.1. The monoisotopic (exact) mass is 338 g/mol. The number of benzene rings is 1. The van der Waals surface area contributed by atoms with Gasteiger partial charge in [-0.2, -0.15) is 0 Å². The molecule has 23 heavy (non-hydrogen) atoms. The summed E-state index contributed by atoms with van der Waals surface area (Å²) in [6.45, 7) is 0.337. The molecule has 2 rings (SSSR count). The van der Waals surface area contributed by atoms with Crippen LogP contribution < -0.4 is 10.6 Å². The van der Waals surface area contributed by atoms with E-state index in [9.17, 15) is 14.0 Å². The third-order valence-electron chi connectivity index (χ3n) is 3.75. The summed E-state index contributed by atoms with van der Waals surface area (Å²) in [4.78, 5) is 23.6. The largest absolute Gasteiger partial charge is 0.354 e. The van der Waals surface area contributed by atoms with Gasteiger partial charge in [-0.15, -0.1) is 0 Å². The second-order valence-electron chi connectivity index (χ2n) is 5.49. The predicted octanol–water partition coefficient (Wildman–Crippen LogP) is 3.22. The van der Waals surface area contributed by atoms with E-state index in [-0.39, 0.29) is 23.0 Å². The van der Waals surface area contributed by atoms with Gasteiger partial charge in [-0.05, 0) is 44.2 Å². The molecule has 0 unspecified atom stereocenters. The van der Waals surface area contributed by atoms with Crippen molar-refractivity contribution in [2.24, 2.45) is 0 Å².